The van der Waals surface area contributed by atoms with Crippen molar-refractivity contribution in [3.63, 3.8) is 0 Å². The quantitative estimate of drug-likeness (QED) is 0.772. The molecule has 25 heavy (non-hydrogen) atoms. The van der Waals surface area contributed by atoms with Gasteiger partial charge < -0.3 is 5.32 Å². The van der Waals surface area contributed by atoms with E-state index in [0.717, 1.165) is 31.6 Å². The molecule has 0 radical (unpaired) electrons. The molecule has 3 heterocycles. The van der Waals surface area contributed by atoms with Gasteiger partial charge in [0, 0.05) is 39.0 Å². The van der Waals surface area contributed by atoms with Crippen LogP contribution in [0.3, 0.4) is 0 Å². The van der Waals surface area contributed by atoms with Crippen molar-refractivity contribution in [1.82, 2.24) is 40.2 Å². The van der Waals surface area contributed by atoms with E-state index < -0.39 is 0 Å². The first-order valence-corrected chi connectivity index (χ1v) is 8.60. The lowest BCUT2D eigenvalue weighted by atomic mass is 9.92. The third-order valence-corrected chi connectivity index (χ3v) is 4.84. The summed E-state index contributed by atoms with van der Waals surface area (Å²) < 4.78 is 1.83. The normalized spacial score (nSPS) is 23.5. The van der Waals surface area contributed by atoms with Crippen molar-refractivity contribution in [3.8, 4) is 0 Å². The van der Waals surface area contributed by atoms with E-state index in [0.29, 0.717) is 6.54 Å². The van der Waals surface area contributed by atoms with Gasteiger partial charge in [-0.2, -0.15) is 15.0 Å². The van der Waals surface area contributed by atoms with E-state index in [-0.39, 0.29) is 18.0 Å². The number of hydrogen-bond acceptors (Lipinski definition) is 6. The van der Waals surface area contributed by atoms with Crippen LogP contribution in [0.25, 0.3) is 0 Å². The Morgan fingerprint density at radius 1 is 1.40 bits per heavy atom. The Balaban J connectivity index is 1.45. The van der Waals surface area contributed by atoms with E-state index in [2.05, 4.69) is 30.7 Å². The fraction of sp³-hybridized carbons (Fsp3) is 0.562. The highest BCUT2D eigenvalue weighted by Crippen LogP contribution is 2.26. The SMILES string of the molecule is Cn1ncc(CN2C[C@@H](NC(=O)C=C3CCC3)[C@@H](n3ccnn3)C2)n1. The average molecular weight is 342 g/mol. The van der Waals surface area contributed by atoms with Crippen molar-refractivity contribution in [2.45, 2.75) is 37.9 Å². The molecular formula is C16H22N8O. The summed E-state index contributed by atoms with van der Waals surface area (Å²) in [5.41, 5.74) is 2.16. The molecule has 2 aliphatic rings. The maximum absolute atomic E-state index is 12.3. The Kier molecular flexibility index (Phi) is 4.31. The number of likely N-dealkylation sites (tertiary alicyclic amines) is 1. The molecule has 0 unspecified atom stereocenters. The number of aryl methyl sites for hydroxylation is 1. The summed E-state index contributed by atoms with van der Waals surface area (Å²) in [5.74, 6) is -0.00818. The summed E-state index contributed by atoms with van der Waals surface area (Å²) in [6.45, 7) is 2.23. The van der Waals surface area contributed by atoms with E-state index in [1.807, 2.05) is 17.9 Å². The average Bonchev–Trinajstić information content (AvgIpc) is 3.25. The van der Waals surface area contributed by atoms with E-state index >= 15 is 0 Å². The van der Waals surface area contributed by atoms with Crippen molar-refractivity contribution in [2.75, 3.05) is 13.1 Å². The minimum absolute atomic E-state index is 0.00818. The number of aromatic nitrogens is 6. The summed E-state index contributed by atoms with van der Waals surface area (Å²) in [7, 11) is 1.81. The van der Waals surface area contributed by atoms with Gasteiger partial charge in [-0.25, -0.2) is 4.68 Å². The molecule has 1 saturated carbocycles. The van der Waals surface area contributed by atoms with Gasteiger partial charge in [-0.1, -0.05) is 10.8 Å². The topological polar surface area (TPSA) is 93.8 Å². The van der Waals surface area contributed by atoms with Gasteiger partial charge in [-0.05, 0) is 19.3 Å². The van der Waals surface area contributed by atoms with E-state index in [1.54, 1.807) is 23.3 Å². The number of hydrogen-bond donors (Lipinski definition) is 1. The van der Waals surface area contributed by atoms with E-state index in [9.17, 15) is 4.79 Å². The van der Waals surface area contributed by atoms with E-state index in [4.69, 9.17) is 0 Å². The Bertz CT molecular complexity index is 759. The van der Waals surface area contributed by atoms with Crippen molar-refractivity contribution in [3.05, 3.63) is 35.9 Å². The van der Waals surface area contributed by atoms with Crippen LogP contribution in [-0.4, -0.2) is 59.9 Å². The molecule has 1 N–H and O–H groups in total. The summed E-state index contributed by atoms with van der Waals surface area (Å²) in [6.07, 6.45) is 10.3. The number of allylic oxidation sites excluding steroid dienone is 1. The highest BCUT2D eigenvalue weighted by atomic mass is 16.1. The molecule has 4 rings (SSSR count). The van der Waals surface area contributed by atoms with Crippen LogP contribution in [0.4, 0.5) is 0 Å². The van der Waals surface area contributed by atoms with Crippen LogP contribution < -0.4 is 5.32 Å². The maximum Gasteiger partial charge on any atom is 0.244 e. The highest BCUT2D eigenvalue weighted by Gasteiger charge is 2.35. The Morgan fingerprint density at radius 3 is 2.92 bits per heavy atom. The van der Waals surface area contributed by atoms with E-state index in [1.165, 1.54) is 12.0 Å². The monoisotopic (exact) mass is 342 g/mol. The molecule has 1 aliphatic carbocycles. The second kappa shape index (κ2) is 6.75. The predicted octanol–water partition coefficient (Wildman–Crippen LogP) is 0.0586. The molecule has 2 atom stereocenters. The van der Waals surface area contributed by atoms with Gasteiger partial charge in [0.1, 0.15) is 0 Å². The second-order valence-corrected chi connectivity index (χ2v) is 6.74. The molecule has 1 amide bonds. The number of carbonyl (C=O) groups excluding carboxylic acids is 1. The zero-order valence-electron chi connectivity index (χ0n) is 14.2. The molecule has 9 heteroatoms. The first-order valence-electron chi connectivity index (χ1n) is 8.60. The fourth-order valence-electron chi connectivity index (χ4n) is 3.42. The zero-order chi connectivity index (χ0) is 17.2. The van der Waals surface area contributed by atoms with Gasteiger partial charge in [-0.3, -0.25) is 9.69 Å². The summed E-state index contributed by atoms with van der Waals surface area (Å²) in [6, 6.07) is 0.0470. The minimum atomic E-state index is -0.0113. The molecular weight excluding hydrogens is 320 g/mol. The van der Waals surface area contributed by atoms with Gasteiger partial charge in [0.2, 0.25) is 5.91 Å². The standard InChI is InChI=1S/C16H22N8O/c1-22-18-8-13(20-22)9-23-10-14(15(11-23)24-6-5-17-21-24)19-16(25)7-12-3-2-4-12/h5-8,14-15H,2-4,9-11H2,1H3,(H,19,25)/t14-,15+/m1/s1. The van der Waals surface area contributed by atoms with Crippen LogP contribution >= 0.6 is 0 Å². The molecule has 9 nitrogen and oxygen atoms in total. The minimum Gasteiger partial charge on any atom is -0.346 e. The predicted molar refractivity (Wildman–Crippen MR) is 89.2 cm³/mol. The van der Waals surface area contributed by atoms with Crippen LogP contribution in [-0.2, 0) is 18.4 Å². The summed E-state index contributed by atoms with van der Waals surface area (Å²) in [4.78, 5) is 16.1. The van der Waals surface area contributed by atoms with Crippen LogP contribution in [0, 0.1) is 0 Å². The molecule has 2 fully saturated rings. The lowest BCUT2D eigenvalue weighted by Crippen LogP contribution is -2.41. The lowest BCUT2D eigenvalue weighted by Gasteiger charge is -2.20. The van der Waals surface area contributed by atoms with Crippen LogP contribution in [0.1, 0.15) is 31.0 Å². The van der Waals surface area contributed by atoms with Gasteiger partial charge in [-0.15, -0.1) is 5.10 Å². The highest BCUT2D eigenvalue weighted by molar-refractivity contribution is 5.88. The Hall–Kier alpha value is -2.55. The Morgan fingerprint density at radius 2 is 2.28 bits per heavy atom. The van der Waals surface area contributed by atoms with Gasteiger partial charge in [0.25, 0.3) is 0 Å². The van der Waals surface area contributed by atoms with Crippen LogP contribution in [0.5, 0.6) is 0 Å². The van der Waals surface area contributed by atoms with Crippen molar-refractivity contribution >= 4 is 5.91 Å². The number of nitrogens with one attached hydrogen (secondary N) is 1. The van der Waals surface area contributed by atoms with Crippen molar-refractivity contribution in [2.24, 2.45) is 7.05 Å². The first-order chi connectivity index (χ1) is 12.2. The molecule has 0 bridgehead atoms. The van der Waals surface area contributed by atoms with Crippen LogP contribution in [0.2, 0.25) is 0 Å². The molecule has 1 aliphatic heterocycles. The van der Waals surface area contributed by atoms with Crippen molar-refractivity contribution < 1.29 is 4.79 Å². The summed E-state index contributed by atoms with van der Waals surface area (Å²) in [5, 5.41) is 19.6. The van der Waals surface area contributed by atoms with Gasteiger partial charge >= 0.3 is 0 Å². The Labute approximate surface area is 145 Å². The number of carbonyl (C=O) groups is 1. The zero-order valence-corrected chi connectivity index (χ0v) is 14.2. The van der Waals surface area contributed by atoms with Gasteiger partial charge in [0.15, 0.2) is 0 Å². The number of nitrogens with zero attached hydrogens (tertiary/aromatic N) is 7. The lowest BCUT2D eigenvalue weighted by molar-refractivity contribution is -0.117. The largest absolute Gasteiger partial charge is 0.346 e. The van der Waals surface area contributed by atoms with Crippen molar-refractivity contribution in [1.29, 1.82) is 0 Å². The van der Waals surface area contributed by atoms with Crippen LogP contribution in [0.15, 0.2) is 30.2 Å². The molecule has 1 saturated heterocycles. The molecule has 132 valence electrons. The maximum atomic E-state index is 12.3. The molecule has 2 aromatic heterocycles. The molecule has 0 aromatic carbocycles. The fourth-order valence-corrected chi connectivity index (χ4v) is 3.42. The first kappa shape index (κ1) is 15.9. The molecule has 0 spiro atoms. The smallest absolute Gasteiger partial charge is 0.244 e. The third kappa shape index (κ3) is 3.60. The number of rotatable bonds is 5. The summed E-state index contributed by atoms with van der Waals surface area (Å²) >= 11 is 0. The van der Waals surface area contributed by atoms with Gasteiger partial charge in [0.05, 0.1) is 30.2 Å². The second-order valence-electron chi connectivity index (χ2n) is 6.74. The third-order valence-electron chi connectivity index (χ3n) is 4.84. The number of amides is 1. The molecule has 2 aromatic rings.